The van der Waals surface area contributed by atoms with Crippen molar-refractivity contribution in [3.8, 4) is 0 Å². The molecule has 146 valence electrons. The van der Waals surface area contributed by atoms with Gasteiger partial charge >= 0.3 is 5.97 Å². The summed E-state index contributed by atoms with van der Waals surface area (Å²) in [6.07, 6.45) is 4.90. The average molecular weight is 382 g/mol. The van der Waals surface area contributed by atoms with Crippen LogP contribution in [-0.2, 0) is 19.1 Å². The van der Waals surface area contributed by atoms with Gasteiger partial charge in [0.2, 0.25) is 17.7 Å². The van der Waals surface area contributed by atoms with Gasteiger partial charge in [0.1, 0.15) is 6.04 Å². The van der Waals surface area contributed by atoms with Gasteiger partial charge in [0, 0.05) is 5.69 Å². The molecule has 3 amide bonds. The topological polar surface area (TPSA) is 92.8 Å². The Morgan fingerprint density at radius 3 is 2.21 bits per heavy atom. The molecule has 1 aromatic carbocycles. The van der Waals surface area contributed by atoms with E-state index in [-0.39, 0.29) is 42.1 Å². The molecular weight excluding hydrogens is 360 g/mol. The number of hydrogen-bond donors (Lipinski definition) is 1. The smallest absolute Gasteiger partial charge is 0.338 e. The highest BCUT2D eigenvalue weighted by Crippen LogP contribution is 2.52. The van der Waals surface area contributed by atoms with E-state index in [1.165, 1.54) is 0 Å². The SMILES string of the molecule is CCOC(=O)c1ccc(NC(=O)[C@@H](C)N2C(=O)[C@@H]3[C@H](C2=O)[C@H]2C=C[C@@H]3C2)cc1. The van der Waals surface area contributed by atoms with Crippen LogP contribution in [0.2, 0.25) is 0 Å². The minimum absolute atomic E-state index is 0.113. The van der Waals surface area contributed by atoms with E-state index in [0.717, 1.165) is 11.3 Å². The molecule has 1 heterocycles. The molecule has 0 aromatic heterocycles. The molecule has 1 saturated carbocycles. The Morgan fingerprint density at radius 2 is 1.68 bits per heavy atom. The van der Waals surface area contributed by atoms with E-state index in [1.807, 2.05) is 12.2 Å². The average Bonchev–Trinajstić information content (AvgIpc) is 3.36. The number of anilines is 1. The van der Waals surface area contributed by atoms with Gasteiger partial charge in [-0.15, -0.1) is 0 Å². The van der Waals surface area contributed by atoms with Gasteiger partial charge in [0.15, 0.2) is 0 Å². The second kappa shape index (κ2) is 6.89. The van der Waals surface area contributed by atoms with E-state index in [2.05, 4.69) is 5.32 Å². The van der Waals surface area contributed by atoms with Gasteiger partial charge in [0.05, 0.1) is 24.0 Å². The fourth-order valence-corrected chi connectivity index (χ4v) is 4.58. The van der Waals surface area contributed by atoms with Gasteiger partial charge < -0.3 is 10.1 Å². The number of allylic oxidation sites excluding steroid dienone is 2. The van der Waals surface area contributed by atoms with Crippen molar-refractivity contribution in [3.63, 3.8) is 0 Å². The van der Waals surface area contributed by atoms with Crippen molar-refractivity contribution in [2.24, 2.45) is 23.7 Å². The lowest BCUT2D eigenvalue weighted by atomic mass is 9.85. The molecule has 7 nitrogen and oxygen atoms in total. The number of likely N-dealkylation sites (tertiary alicyclic amines) is 1. The Labute approximate surface area is 162 Å². The van der Waals surface area contributed by atoms with E-state index < -0.39 is 17.9 Å². The van der Waals surface area contributed by atoms with E-state index >= 15 is 0 Å². The van der Waals surface area contributed by atoms with Crippen LogP contribution < -0.4 is 5.32 Å². The summed E-state index contributed by atoms with van der Waals surface area (Å²) in [5.41, 5.74) is 0.861. The zero-order valence-corrected chi connectivity index (χ0v) is 15.8. The van der Waals surface area contributed by atoms with E-state index in [1.54, 1.807) is 38.1 Å². The van der Waals surface area contributed by atoms with E-state index in [0.29, 0.717) is 11.3 Å². The molecule has 2 aliphatic carbocycles. The third kappa shape index (κ3) is 2.82. The molecular formula is C21H22N2O5. The third-order valence-corrected chi connectivity index (χ3v) is 5.93. The zero-order valence-electron chi connectivity index (χ0n) is 15.8. The van der Waals surface area contributed by atoms with Crippen molar-refractivity contribution in [1.82, 2.24) is 4.90 Å². The molecule has 1 N–H and O–H groups in total. The van der Waals surface area contributed by atoms with Gasteiger partial charge in [-0.3, -0.25) is 19.3 Å². The normalized spacial score (nSPS) is 28.4. The summed E-state index contributed by atoms with van der Waals surface area (Å²) < 4.78 is 4.92. The minimum atomic E-state index is -0.894. The first-order valence-corrected chi connectivity index (χ1v) is 9.55. The summed E-state index contributed by atoms with van der Waals surface area (Å²) in [7, 11) is 0. The monoisotopic (exact) mass is 382 g/mol. The predicted octanol–water partition coefficient (Wildman–Crippen LogP) is 2.00. The standard InChI is InChI=1S/C21H22N2O5/c1-3-28-21(27)12-6-8-15(9-7-12)22-18(24)11(2)23-19(25)16-13-4-5-14(10-13)17(16)20(23)26/h4-9,11,13-14,16-17H,3,10H2,1-2H3,(H,22,24)/t11-,13-,14+,16+,17-/m1/s1. The lowest BCUT2D eigenvalue weighted by molar-refractivity contribution is -0.146. The van der Waals surface area contributed by atoms with Crippen molar-refractivity contribution in [2.45, 2.75) is 26.3 Å². The van der Waals surface area contributed by atoms with Crippen molar-refractivity contribution < 1.29 is 23.9 Å². The van der Waals surface area contributed by atoms with Gasteiger partial charge in [-0.05, 0) is 56.4 Å². The van der Waals surface area contributed by atoms with Crippen LogP contribution in [0.4, 0.5) is 5.69 Å². The number of hydrogen-bond acceptors (Lipinski definition) is 5. The fourth-order valence-electron chi connectivity index (χ4n) is 4.58. The van der Waals surface area contributed by atoms with Crippen molar-refractivity contribution in [2.75, 3.05) is 11.9 Å². The van der Waals surface area contributed by atoms with Crippen LogP contribution in [0.25, 0.3) is 0 Å². The zero-order chi connectivity index (χ0) is 20.0. The number of imide groups is 1. The molecule has 2 bridgehead atoms. The van der Waals surface area contributed by atoms with Gasteiger partial charge in [-0.25, -0.2) is 4.79 Å². The van der Waals surface area contributed by atoms with Crippen molar-refractivity contribution >= 4 is 29.4 Å². The largest absolute Gasteiger partial charge is 0.462 e. The lowest BCUT2D eigenvalue weighted by Gasteiger charge is -2.23. The molecule has 28 heavy (non-hydrogen) atoms. The summed E-state index contributed by atoms with van der Waals surface area (Å²) in [5.74, 6) is -1.77. The first-order valence-electron chi connectivity index (χ1n) is 9.55. The Balaban J connectivity index is 1.43. The maximum atomic E-state index is 12.8. The van der Waals surface area contributed by atoms with Gasteiger partial charge in [-0.1, -0.05) is 12.2 Å². The van der Waals surface area contributed by atoms with Crippen LogP contribution in [0, 0.1) is 23.7 Å². The Morgan fingerprint density at radius 1 is 1.11 bits per heavy atom. The molecule has 2 fully saturated rings. The number of ether oxygens (including phenoxy) is 1. The van der Waals surface area contributed by atoms with E-state index in [9.17, 15) is 19.2 Å². The van der Waals surface area contributed by atoms with E-state index in [4.69, 9.17) is 4.74 Å². The van der Waals surface area contributed by atoms with Crippen LogP contribution in [0.5, 0.6) is 0 Å². The number of carbonyl (C=O) groups is 4. The highest BCUT2D eigenvalue weighted by molar-refractivity contribution is 6.10. The summed E-state index contributed by atoms with van der Waals surface area (Å²) in [5, 5.41) is 2.71. The third-order valence-electron chi connectivity index (χ3n) is 5.93. The second-order valence-corrected chi connectivity index (χ2v) is 7.51. The molecule has 0 radical (unpaired) electrons. The number of carbonyl (C=O) groups excluding carboxylic acids is 4. The minimum Gasteiger partial charge on any atom is -0.462 e. The number of benzene rings is 1. The van der Waals surface area contributed by atoms with Crippen LogP contribution in [0.3, 0.4) is 0 Å². The number of nitrogens with one attached hydrogen (secondary N) is 1. The van der Waals surface area contributed by atoms with Crippen LogP contribution in [0.15, 0.2) is 36.4 Å². The second-order valence-electron chi connectivity index (χ2n) is 7.51. The Hall–Kier alpha value is -2.96. The predicted molar refractivity (Wildman–Crippen MR) is 100 cm³/mol. The number of amides is 3. The summed E-state index contributed by atoms with van der Waals surface area (Å²) >= 11 is 0. The van der Waals surface area contributed by atoms with Gasteiger partial charge in [-0.2, -0.15) is 0 Å². The van der Waals surface area contributed by atoms with Crippen molar-refractivity contribution in [1.29, 1.82) is 0 Å². The van der Waals surface area contributed by atoms with Crippen LogP contribution >= 0.6 is 0 Å². The molecule has 1 aromatic rings. The summed E-state index contributed by atoms with van der Waals surface area (Å²) in [6, 6.07) is 5.39. The lowest BCUT2D eigenvalue weighted by Crippen LogP contribution is -2.46. The Kier molecular flexibility index (Phi) is 4.53. The first-order chi connectivity index (χ1) is 13.4. The molecule has 5 atom stereocenters. The molecule has 0 unspecified atom stereocenters. The molecule has 1 saturated heterocycles. The summed E-state index contributed by atoms with van der Waals surface area (Å²) in [6.45, 7) is 3.57. The molecule has 7 heteroatoms. The quantitative estimate of drug-likeness (QED) is 0.478. The maximum Gasteiger partial charge on any atom is 0.338 e. The Bertz CT molecular complexity index is 845. The van der Waals surface area contributed by atoms with Crippen molar-refractivity contribution in [3.05, 3.63) is 42.0 Å². The fraction of sp³-hybridized carbons (Fsp3) is 0.429. The highest BCUT2D eigenvalue weighted by atomic mass is 16.5. The number of fused-ring (bicyclic) bond motifs is 5. The molecule has 0 spiro atoms. The highest BCUT2D eigenvalue weighted by Gasteiger charge is 2.60. The van der Waals surface area contributed by atoms with Crippen LogP contribution in [-0.4, -0.2) is 41.2 Å². The molecule has 4 rings (SSSR count). The number of rotatable bonds is 5. The number of esters is 1. The van der Waals surface area contributed by atoms with Crippen LogP contribution in [0.1, 0.15) is 30.6 Å². The van der Waals surface area contributed by atoms with Gasteiger partial charge in [0.25, 0.3) is 0 Å². The first kappa shape index (κ1) is 18.4. The molecule has 3 aliphatic rings. The molecule has 1 aliphatic heterocycles. The maximum absolute atomic E-state index is 12.8. The number of nitrogens with zero attached hydrogens (tertiary/aromatic N) is 1. The summed E-state index contributed by atoms with van der Waals surface area (Å²) in [4.78, 5) is 51.1.